The van der Waals surface area contributed by atoms with Crippen molar-refractivity contribution in [2.45, 2.75) is 50.5 Å². The lowest BCUT2D eigenvalue weighted by Gasteiger charge is -2.50. The van der Waals surface area contributed by atoms with Gasteiger partial charge in [0.05, 0.1) is 13.2 Å². The van der Waals surface area contributed by atoms with Gasteiger partial charge in [-0.05, 0) is 42.5 Å². The molecule has 0 aliphatic carbocycles. The van der Waals surface area contributed by atoms with Crippen LogP contribution in [0.4, 0.5) is 0 Å². The fourth-order valence-corrected chi connectivity index (χ4v) is 4.58. The van der Waals surface area contributed by atoms with Crippen LogP contribution in [-0.2, 0) is 13.1 Å². The number of piperazine rings is 1. The molecule has 144 valence electrons. The van der Waals surface area contributed by atoms with Crippen molar-refractivity contribution in [1.29, 1.82) is 0 Å². The van der Waals surface area contributed by atoms with Gasteiger partial charge in [-0.15, -0.1) is 0 Å². The fraction of sp³-hybridized carbons (Fsp3) is 0.478. The van der Waals surface area contributed by atoms with Crippen LogP contribution >= 0.6 is 0 Å². The summed E-state index contributed by atoms with van der Waals surface area (Å²) in [7, 11) is 1.70. The zero-order valence-corrected chi connectivity index (χ0v) is 16.1. The number of benzene rings is 2. The second kappa shape index (κ2) is 8.42. The summed E-state index contributed by atoms with van der Waals surface area (Å²) < 4.78 is 5.27. The van der Waals surface area contributed by atoms with Crippen LogP contribution in [0.15, 0.2) is 54.6 Å². The summed E-state index contributed by atoms with van der Waals surface area (Å²) in [5, 5.41) is 10.8. The van der Waals surface area contributed by atoms with Crippen LogP contribution in [0.3, 0.4) is 0 Å². The number of rotatable bonds is 5. The molecule has 0 aromatic heterocycles. The molecule has 3 atom stereocenters. The van der Waals surface area contributed by atoms with Crippen molar-refractivity contribution < 1.29 is 9.84 Å². The van der Waals surface area contributed by atoms with Crippen LogP contribution in [-0.4, -0.2) is 53.3 Å². The van der Waals surface area contributed by atoms with Crippen LogP contribution in [0.25, 0.3) is 0 Å². The Morgan fingerprint density at radius 3 is 2.33 bits per heavy atom. The maximum atomic E-state index is 10.8. The second-order valence-electron chi connectivity index (χ2n) is 7.91. The van der Waals surface area contributed by atoms with Gasteiger partial charge in [-0.1, -0.05) is 42.5 Å². The Hall–Kier alpha value is -1.88. The summed E-state index contributed by atoms with van der Waals surface area (Å²) in [4.78, 5) is 5.09. The standard InChI is InChI=1S/C23H30N2O2/c1-27-21-12-10-19(11-13-21)15-25-16-20-8-5-9-23(26)22(25)17-24(20)14-18-6-3-2-4-7-18/h2-4,6-7,10-13,20,22-23,26H,5,8-9,14-17H2,1H3/t20-,22+,23+/m0/s1. The minimum absolute atomic E-state index is 0.201. The van der Waals surface area contributed by atoms with Crippen molar-refractivity contribution >= 4 is 0 Å². The van der Waals surface area contributed by atoms with Crippen molar-refractivity contribution in [3.05, 3.63) is 65.7 Å². The van der Waals surface area contributed by atoms with Crippen LogP contribution in [0.5, 0.6) is 5.75 Å². The fourth-order valence-electron chi connectivity index (χ4n) is 4.58. The van der Waals surface area contributed by atoms with E-state index in [0.29, 0.717) is 6.04 Å². The largest absolute Gasteiger partial charge is 0.497 e. The van der Waals surface area contributed by atoms with E-state index in [1.165, 1.54) is 11.1 Å². The summed E-state index contributed by atoms with van der Waals surface area (Å²) in [5.74, 6) is 0.891. The maximum Gasteiger partial charge on any atom is 0.118 e. The molecule has 4 nitrogen and oxygen atoms in total. The topological polar surface area (TPSA) is 35.9 Å². The normalized spacial score (nSPS) is 26.5. The Kier molecular flexibility index (Phi) is 5.77. The number of hydrogen-bond donors (Lipinski definition) is 1. The Balaban J connectivity index is 1.49. The lowest BCUT2D eigenvalue weighted by Crippen LogP contribution is -2.62. The highest BCUT2D eigenvalue weighted by molar-refractivity contribution is 5.27. The average molecular weight is 367 g/mol. The summed E-state index contributed by atoms with van der Waals surface area (Å²) in [6.45, 7) is 3.84. The molecule has 0 spiro atoms. The van der Waals surface area contributed by atoms with Crippen LogP contribution < -0.4 is 4.74 Å². The van der Waals surface area contributed by atoms with E-state index in [4.69, 9.17) is 4.74 Å². The molecule has 1 N–H and O–H groups in total. The highest BCUT2D eigenvalue weighted by Crippen LogP contribution is 2.29. The first-order valence-electron chi connectivity index (χ1n) is 10.1. The third-order valence-corrected chi connectivity index (χ3v) is 6.11. The molecule has 27 heavy (non-hydrogen) atoms. The van der Waals surface area contributed by atoms with Gasteiger partial charge in [0.1, 0.15) is 5.75 Å². The van der Waals surface area contributed by atoms with Crippen LogP contribution in [0.2, 0.25) is 0 Å². The maximum absolute atomic E-state index is 10.8. The summed E-state index contributed by atoms with van der Waals surface area (Å²) in [6, 6.07) is 19.8. The van der Waals surface area contributed by atoms with Crippen molar-refractivity contribution in [1.82, 2.24) is 9.80 Å². The molecule has 2 aromatic carbocycles. The van der Waals surface area contributed by atoms with E-state index in [1.54, 1.807) is 7.11 Å². The molecule has 3 saturated heterocycles. The van der Waals surface area contributed by atoms with Gasteiger partial charge in [-0.2, -0.15) is 0 Å². The first kappa shape index (κ1) is 18.5. The Labute approximate surface area is 162 Å². The molecule has 3 aliphatic rings. The first-order chi connectivity index (χ1) is 13.2. The monoisotopic (exact) mass is 366 g/mol. The predicted molar refractivity (Wildman–Crippen MR) is 108 cm³/mol. The van der Waals surface area contributed by atoms with Crippen molar-refractivity contribution in [3.63, 3.8) is 0 Å². The Bertz CT molecular complexity index is 719. The number of nitrogens with zero attached hydrogens (tertiary/aromatic N) is 2. The summed E-state index contributed by atoms with van der Waals surface area (Å²) in [5.41, 5.74) is 2.64. The molecule has 0 amide bonds. The second-order valence-corrected chi connectivity index (χ2v) is 7.91. The van der Waals surface area contributed by atoms with E-state index < -0.39 is 0 Å². The summed E-state index contributed by atoms with van der Waals surface area (Å²) >= 11 is 0. The minimum Gasteiger partial charge on any atom is -0.497 e. The van der Waals surface area contributed by atoms with Gasteiger partial charge in [-0.25, -0.2) is 0 Å². The SMILES string of the molecule is COc1ccc(CN2C[C@@H]3CCC[C@@H](O)[C@H]2CN3Cc2ccccc2)cc1. The van der Waals surface area contributed by atoms with Crippen molar-refractivity contribution in [2.24, 2.45) is 0 Å². The van der Waals surface area contributed by atoms with Crippen molar-refractivity contribution in [2.75, 3.05) is 20.2 Å². The van der Waals surface area contributed by atoms with E-state index in [9.17, 15) is 5.11 Å². The van der Waals surface area contributed by atoms with E-state index in [2.05, 4.69) is 52.3 Å². The number of aliphatic hydroxyl groups excluding tert-OH is 1. The number of hydrogen-bond acceptors (Lipinski definition) is 4. The molecule has 3 fully saturated rings. The average Bonchev–Trinajstić information content (AvgIpc) is 2.69. The molecule has 0 radical (unpaired) electrons. The van der Waals surface area contributed by atoms with E-state index in [0.717, 1.165) is 51.2 Å². The number of methoxy groups -OCH3 is 1. The highest BCUT2D eigenvalue weighted by Gasteiger charge is 2.38. The molecular weight excluding hydrogens is 336 g/mol. The zero-order chi connectivity index (χ0) is 18.6. The van der Waals surface area contributed by atoms with Crippen LogP contribution in [0.1, 0.15) is 30.4 Å². The van der Waals surface area contributed by atoms with Gasteiger partial charge >= 0.3 is 0 Å². The quantitative estimate of drug-likeness (QED) is 0.881. The third kappa shape index (κ3) is 4.34. The molecule has 3 heterocycles. The molecular formula is C23H30N2O2. The Morgan fingerprint density at radius 2 is 1.59 bits per heavy atom. The van der Waals surface area contributed by atoms with Gasteiger partial charge in [-0.3, -0.25) is 9.80 Å². The molecule has 2 bridgehead atoms. The molecule has 0 saturated carbocycles. The molecule has 2 aromatic rings. The zero-order valence-electron chi connectivity index (χ0n) is 16.1. The van der Waals surface area contributed by atoms with Gasteiger partial charge < -0.3 is 9.84 Å². The first-order valence-corrected chi connectivity index (χ1v) is 10.1. The smallest absolute Gasteiger partial charge is 0.118 e. The lowest BCUT2D eigenvalue weighted by atomic mass is 9.90. The number of aliphatic hydroxyl groups is 1. The van der Waals surface area contributed by atoms with Gasteiger partial charge in [0, 0.05) is 38.3 Å². The lowest BCUT2D eigenvalue weighted by molar-refractivity contribution is -0.0587. The van der Waals surface area contributed by atoms with E-state index >= 15 is 0 Å². The molecule has 3 aliphatic heterocycles. The van der Waals surface area contributed by atoms with E-state index in [1.807, 2.05) is 12.1 Å². The van der Waals surface area contributed by atoms with Crippen molar-refractivity contribution in [3.8, 4) is 5.75 Å². The number of fused-ring (bicyclic) bond motifs is 5. The van der Waals surface area contributed by atoms with E-state index in [-0.39, 0.29) is 12.1 Å². The molecule has 0 unspecified atom stereocenters. The van der Waals surface area contributed by atoms with Gasteiger partial charge in [0.2, 0.25) is 0 Å². The molecule has 4 heteroatoms. The van der Waals surface area contributed by atoms with Gasteiger partial charge in [0.25, 0.3) is 0 Å². The molecule has 5 rings (SSSR count). The predicted octanol–water partition coefficient (Wildman–Crippen LogP) is 3.30. The summed E-state index contributed by atoms with van der Waals surface area (Å²) in [6.07, 6.45) is 2.95. The van der Waals surface area contributed by atoms with Crippen LogP contribution in [0, 0.1) is 0 Å². The third-order valence-electron chi connectivity index (χ3n) is 6.11. The minimum atomic E-state index is -0.247. The highest BCUT2D eigenvalue weighted by atomic mass is 16.5. The Morgan fingerprint density at radius 1 is 0.889 bits per heavy atom. The van der Waals surface area contributed by atoms with Gasteiger partial charge in [0.15, 0.2) is 0 Å². The number of ether oxygens (including phenoxy) is 1.